The summed E-state index contributed by atoms with van der Waals surface area (Å²) in [5.74, 6) is 0.444. The maximum absolute atomic E-state index is 12.3. The average Bonchev–Trinajstić information content (AvgIpc) is 3.28. The molecule has 1 aliphatic carbocycles. The number of hydrogen-bond donors (Lipinski definition) is 2. The van der Waals surface area contributed by atoms with Crippen molar-refractivity contribution in [2.45, 2.75) is 45.4 Å². The number of piperidine rings is 1. The number of unbranched alkanes of at least 4 members (excludes halogenated alkanes) is 1. The fourth-order valence-corrected chi connectivity index (χ4v) is 2.87. The van der Waals surface area contributed by atoms with Crippen LogP contribution in [0.3, 0.4) is 0 Å². The Balaban J connectivity index is 1.75. The molecule has 20 heavy (non-hydrogen) atoms. The lowest BCUT2D eigenvalue weighted by atomic mass is 9.94. The van der Waals surface area contributed by atoms with Gasteiger partial charge in [-0.05, 0) is 32.1 Å². The first kappa shape index (κ1) is 15.3. The van der Waals surface area contributed by atoms with Crippen LogP contribution in [0.1, 0.15) is 45.4 Å². The van der Waals surface area contributed by atoms with Gasteiger partial charge in [0.1, 0.15) is 0 Å². The molecule has 5 heteroatoms. The minimum Gasteiger partial charge on any atom is -0.356 e. The molecule has 0 unspecified atom stereocenters. The molecule has 2 amide bonds. The van der Waals surface area contributed by atoms with Gasteiger partial charge in [-0.2, -0.15) is 0 Å². The van der Waals surface area contributed by atoms with Crippen LogP contribution < -0.4 is 11.1 Å². The highest BCUT2D eigenvalue weighted by molar-refractivity contribution is 5.86. The van der Waals surface area contributed by atoms with Gasteiger partial charge in [0.05, 0.1) is 5.41 Å². The molecular weight excluding hydrogens is 254 g/mol. The van der Waals surface area contributed by atoms with Gasteiger partial charge < -0.3 is 16.0 Å². The van der Waals surface area contributed by atoms with Crippen molar-refractivity contribution in [1.82, 2.24) is 10.2 Å². The Morgan fingerprint density at radius 1 is 1.30 bits per heavy atom. The van der Waals surface area contributed by atoms with Crippen LogP contribution in [0.2, 0.25) is 0 Å². The highest BCUT2D eigenvalue weighted by Gasteiger charge is 2.50. The lowest BCUT2D eigenvalue weighted by Gasteiger charge is -2.33. The molecule has 3 N–H and O–H groups in total. The van der Waals surface area contributed by atoms with Crippen molar-refractivity contribution >= 4 is 11.8 Å². The van der Waals surface area contributed by atoms with Crippen molar-refractivity contribution in [3.8, 4) is 0 Å². The van der Waals surface area contributed by atoms with Crippen LogP contribution >= 0.6 is 0 Å². The first-order valence-electron chi connectivity index (χ1n) is 7.90. The number of carbonyl (C=O) groups is 2. The number of amides is 2. The minimum absolute atomic E-state index is 0.0731. The van der Waals surface area contributed by atoms with E-state index in [1.54, 1.807) is 0 Å². The third-order valence-electron chi connectivity index (χ3n) is 4.68. The third-order valence-corrected chi connectivity index (χ3v) is 4.68. The van der Waals surface area contributed by atoms with Crippen molar-refractivity contribution in [2.24, 2.45) is 17.1 Å². The topological polar surface area (TPSA) is 75.4 Å². The smallest absolute Gasteiger partial charge is 0.230 e. The van der Waals surface area contributed by atoms with Crippen LogP contribution in [0.5, 0.6) is 0 Å². The van der Waals surface area contributed by atoms with Crippen LogP contribution in [0.15, 0.2) is 0 Å². The number of hydrogen-bond acceptors (Lipinski definition) is 3. The summed E-state index contributed by atoms with van der Waals surface area (Å²) in [5.41, 5.74) is 5.45. The van der Waals surface area contributed by atoms with Gasteiger partial charge in [0, 0.05) is 32.1 Å². The van der Waals surface area contributed by atoms with E-state index in [2.05, 4.69) is 12.2 Å². The Morgan fingerprint density at radius 2 is 1.95 bits per heavy atom. The molecule has 2 fully saturated rings. The predicted molar refractivity (Wildman–Crippen MR) is 77.9 cm³/mol. The van der Waals surface area contributed by atoms with Crippen LogP contribution in [-0.2, 0) is 9.59 Å². The second-order valence-electron chi connectivity index (χ2n) is 6.20. The van der Waals surface area contributed by atoms with E-state index in [1.807, 2.05) is 4.90 Å². The molecule has 0 radical (unpaired) electrons. The van der Waals surface area contributed by atoms with Crippen molar-refractivity contribution in [1.29, 1.82) is 0 Å². The molecule has 5 nitrogen and oxygen atoms in total. The molecule has 114 valence electrons. The molecule has 2 aliphatic rings. The van der Waals surface area contributed by atoms with E-state index in [0.29, 0.717) is 19.6 Å². The van der Waals surface area contributed by atoms with E-state index in [4.69, 9.17) is 5.73 Å². The summed E-state index contributed by atoms with van der Waals surface area (Å²) in [5, 5.41) is 2.99. The largest absolute Gasteiger partial charge is 0.356 e. The maximum Gasteiger partial charge on any atom is 0.230 e. The van der Waals surface area contributed by atoms with E-state index < -0.39 is 0 Å². The zero-order valence-electron chi connectivity index (χ0n) is 12.5. The second kappa shape index (κ2) is 6.57. The highest BCUT2D eigenvalue weighted by atomic mass is 16.2. The first-order valence-corrected chi connectivity index (χ1v) is 7.90. The Labute approximate surface area is 121 Å². The normalized spacial score (nSPS) is 21.6. The fraction of sp³-hybridized carbons (Fsp3) is 0.867. The summed E-state index contributed by atoms with van der Waals surface area (Å²) < 4.78 is 0. The van der Waals surface area contributed by atoms with Crippen molar-refractivity contribution in [2.75, 3.05) is 26.2 Å². The molecule has 0 aromatic rings. The number of carbonyl (C=O) groups excluding carboxylic acids is 2. The van der Waals surface area contributed by atoms with Crippen LogP contribution in [0, 0.1) is 11.3 Å². The Kier molecular flexibility index (Phi) is 5.02. The molecule has 2 rings (SSSR count). The zero-order valence-corrected chi connectivity index (χ0v) is 12.5. The molecule has 1 saturated heterocycles. The SMILES string of the molecule is CCCCNC(=O)C1CCN(C(=O)C2(CN)CC2)CC1. The second-order valence-corrected chi connectivity index (χ2v) is 6.20. The summed E-state index contributed by atoms with van der Waals surface area (Å²) in [6.45, 7) is 4.74. The molecule has 0 bridgehead atoms. The molecule has 0 aromatic carbocycles. The Morgan fingerprint density at radius 3 is 2.45 bits per heavy atom. The van der Waals surface area contributed by atoms with Gasteiger partial charge in [0.15, 0.2) is 0 Å². The van der Waals surface area contributed by atoms with E-state index in [0.717, 1.165) is 45.1 Å². The van der Waals surface area contributed by atoms with Crippen molar-refractivity contribution < 1.29 is 9.59 Å². The highest BCUT2D eigenvalue weighted by Crippen LogP contribution is 2.46. The summed E-state index contributed by atoms with van der Waals surface area (Å²) in [6, 6.07) is 0. The molecule has 0 spiro atoms. The monoisotopic (exact) mass is 281 g/mol. The zero-order chi connectivity index (χ0) is 14.6. The lowest BCUT2D eigenvalue weighted by molar-refractivity contribution is -0.140. The van der Waals surface area contributed by atoms with E-state index in [1.165, 1.54) is 0 Å². The molecule has 1 saturated carbocycles. The standard InChI is InChI=1S/C15H27N3O2/c1-2-3-8-17-13(19)12-4-9-18(10-5-12)14(20)15(11-16)6-7-15/h12H,2-11,16H2,1H3,(H,17,19). The number of likely N-dealkylation sites (tertiary alicyclic amines) is 1. The predicted octanol–water partition coefficient (Wildman–Crippen LogP) is 0.880. The van der Waals surface area contributed by atoms with Crippen LogP contribution in [-0.4, -0.2) is 42.9 Å². The summed E-state index contributed by atoms with van der Waals surface area (Å²) in [4.78, 5) is 26.2. The molecule has 0 aromatic heterocycles. The summed E-state index contributed by atoms with van der Waals surface area (Å²) in [6.07, 6.45) is 5.55. The number of nitrogens with one attached hydrogen (secondary N) is 1. The van der Waals surface area contributed by atoms with E-state index >= 15 is 0 Å². The summed E-state index contributed by atoms with van der Waals surface area (Å²) >= 11 is 0. The molecule has 1 aliphatic heterocycles. The summed E-state index contributed by atoms with van der Waals surface area (Å²) in [7, 11) is 0. The minimum atomic E-state index is -0.254. The Bertz CT molecular complexity index is 358. The van der Waals surface area contributed by atoms with Crippen molar-refractivity contribution in [3.63, 3.8) is 0 Å². The van der Waals surface area contributed by atoms with Gasteiger partial charge in [-0.1, -0.05) is 13.3 Å². The van der Waals surface area contributed by atoms with Crippen molar-refractivity contribution in [3.05, 3.63) is 0 Å². The van der Waals surface area contributed by atoms with Gasteiger partial charge in [0.2, 0.25) is 11.8 Å². The van der Waals surface area contributed by atoms with Crippen LogP contribution in [0.4, 0.5) is 0 Å². The van der Waals surface area contributed by atoms with Crippen LogP contribution in [0.25, 0.3) is 0 Å². The Hall–Kier alpha value is -1.10. The van der Waals surface area contributed by atoms with Gasteiger partial charge in [-0.25, -0.2) is 0 Å². The fourth-order valence-electron chi connectivity index (χ4n) is 2.87. The first-order chi connectivity index (χ1) is 9.63. The number of nitrogens with zero attached hydrogens (tertiary/aromatic N) is 1. The third kappa shape index (κ3) is 3.32. The number of rotatable bonds is 6. The average molecular weight is 281 g/mol. The lowest BCUT2D eigenvalue weighted by Crippen LogP contribution is -2.47. The quantitative estimate of drug-likeness (QED) is 0.710. The van der Waals surface area contributed by atoms with Gasteiger partial charge in [-0.3, -0.25) is 9.59 Å². The van der Waals surface area contributed by atoms with Gasteiger partial charge >= 0.3 is 0 Å². The maximum atomic E-state index is 12.3. The molecule has 1 heterocycles. The van der Waals surface area contributed by atoms with E-state index in [-0.39, 0.29) is 23.1 Å². The number of nitrogens with two attached hydrogens (primary N) is 1. The van der Waals surface area contributed by atoms with E-state index in [9.17, 15) is 9.59 Å². The van der Waals surface area contributed by atoms with Gasteiger partial charge in [-0.15, -0.1) is 0 Å². The molecular formula is C15H27N3O2. The van der Waals surface area contributed by atoms with Gasteiger partial charge in [0.25, 0.3) is 0 Å². The molecule has 0 atom stereocenters.